The topological polar surface area (TPSA) is 50.2 Å². The molecular weight excluding hydrogens is 246 g/mol. The third kappa shape index (κ3) is 3.17. The summed E-state index contributed by atoms with van der Waals surface area (Å²) in [6.07, 6.45) is 3.92. The fourth-order valence-electron chi connectivity index (χ4n) is 1.77. The van der Waals surface area contributed by atoms with E-state index < -0.39 is 5.97 Å². The number of nitrogens with zero attached hydrogens (tertiary/aromatic N) is 1. The number of thiazole rings is 1. The highest BCUT2D eigenvalue weighted by Crippen LogP contribution is 2.25. The molecule has 0 unspecified atom stereocenters. The summed E-state index contributed by atoms with van der Waals surface area (Å²) in [5.74, 6) is -0.816. The van der Waals surface area contributed by atoms with Crippen molar-refractivity contribution in [2.24, 2.45) is 0 Å². The van der Waals surface area contributed by atoms with Crippen molar-refractivity contribution in [1.29, 1.82) is 0 Å². The first-order valence-electron chi connectivity index (χ1n) is 5.95. The number of hydrogen-bond acceptors (Lipinski definition) is 3. The Morgan fingerprint density at radius 2 is 2.06 bits per heavy atom. The molecule has 0 aliphatic carbocycles. The van der Waals surface area contributed by atoms with Gasteiger partial charge < -0.3 is 5.11 Å². The van der Waals surface area contributed by atoms with Gasteiger partial charge in [0.25, 0.3) is 0 Å². The molecule has 0 saturated carbocycles. The van der Waals surface area contributed by atoms with Gasteiger partial charge in [-0.25, -0.2) is 4.98 Å². The Labute approximate surface area is 110 Å². The lowest BCUT2D eigenvalue weighted by atomic mass is 10.1. The van der Waals surface area contributed by atoms with Crippen LogP contribution in [0.4, 0.5) is 0 Å². The Bertz CT molecular complexity index is 531. The van der Waals surface area contributed by atoms with Crippen LogP contribution in [-0.4, -0.2) is 16.1 Å². The zero-order valence-corrected chi connectivity index (χ0v) is 11.0. The highest BCUT2D eigenvalue weighted by molar-refractivity contribution is 7.15. The maximum atomic E-state index is 10.6. The summed E-state index contributed by atoms with van der Waals surface area (Å²) in [6, 6.07) is 8.32. The predicted molar refractivity (Wildman–Crippen MR) is 72.9 cm³/mol. The van der Waals surface area contributed by atoms with Gasteiger partial charge in [-0.1, -0.05) is 37.6 Å². The van der Waals surface area contributed by atoms with Crippen LogP contribution in [-0.2, 0) is 17.6 Å². The average Bonchev–Trinajstić information content (AvgIpc) is 2.78. The normalized spacial score (nSPS) is 10.5. The molecule has 0 bridgehead atoms. The predicted octanol–water partition coefficient (Wildman–Crippen LogP) is 3.39. The van der Waals surface area contributed by atoms with Crippen LogP contribution in [0.15, 0.2) is 30.5 Å². The molecule has 1 aromatic heterocycles. The molecule has 2 aromatic rings. The first-order valence-corrected chi connectivity index (χ1v) is 6.76. The van der Waals surface area contributed by atoms with Gasteiger partial charge in [-0.05, 0) is 12.0 Å². The molecule has 4 heteroatoms. The van der Waals surface area contributed by atoms with Gasteiger partial charge in [0.1, 0.15) is 5.01 Å². The van der Waals surface area contributed by atoms with E-state index >= 15 is 0 Å². The van der Waals surface area contributed by atoms with E-state index in [1.807, 2.05) is 12.1 Å². The summed E-state index contributed by atoms with van der Waals surface area (Å²) >= 11 is 1.44. The Kier molecular flexibility index (Phi) is 4.10. The number of carbonyl (C=O) groups is 1. The van der Waals surface area contributed by atoms with Gasteiger partial charge >= 0.3 is 5.97 Å². The van der Waals surface area contributed by atoms with Gasteiger partial charge in [-0.15, -0.1) is 11.3 Å². The van der Waals surface area contributed by atoms with E-state index in [9.17, 15) is 4.79 Å². The van der Waals surface area contributed by atoms with E-state index in [0.29, 0.717) is 0 Å². The maximum absolute atomic E-state index is 10.6. The fraction of sp³-hybridized carbons (Fsp3) is 0.286. The second kappa shape index (κ2) is 5.78. The van der Waals surface area contributed by atoms with Gasteiger partial charge in [0.2, 0.25) is 0 Å². The molecule has 94 valence electrons. The molecule has 0 saturated heterocycles. The van der Waals surface area contributed by atoms with Gasteiger partial charge in [0.15, 0.2) is 0 Å². The quantitative estimate of drug-likeness (QED) is 0.897. The zero-order valence-electron chi connectivity index (χ0n) is 10.2. The second-order valence-electron chi connectivity index (χ2n) is 4.15. The van der Waals surface area contributed by atoms with Crippen LogP contribution >= 0.6 is 11.3 Å². The van der Waals surface area contributed by atoms with Crippen molar-refractivity contribution in [3.05, 3.63) is 40.9 Å². The van der Waals surface area contributed by atoms with Crippen molar-refractivity contribution < 1.29 is 9.90 Å². The van der Waals surface area contributed by atoms with Crippen molar-refractivity contribution in [3.8, 4) is 10.6 Å². The van der Waals surface area contributed by atoms with E-state index in [2.05, 4.69) is 24.0 Å². The average molecular weight is 261 g/mol. The lowest BCUT2D eigenvalue weighted by Crippen LogP contribution is -1.97. The molecule has 0 radical (unpaired) electrons. The number of aromatic nitrogens is 1. The molecule has 1 N–H and O–H groups in total. The summed E-state index contributed by atoms with van der Waals surface area (Å²) in [5.41, 5.74) is 2.38. The van der Waals surface area contributed by atoms with Crippen LogP contribution < -0.4 is 0 Å². The highest BCUT2D eigenvalue weighted by Gasteiger charge is 2.07. The van der Waals surface area contributed by atoms with E-state index in [1.165, 1.54) is 16.9 Å². The Hall–Kier alpha value is -1.68. The molecule has 2 rings (SSSR count). The van der Waals surface area contributed by atoms with E-state index in [4.69, 9.17) is 5.11 Å². The molecule has 0 aliphatic rings. The maximum Gasteiger partial charge on any atom is 0.308 e. The molecule has 0 atom stereocenters. The van der Waals surface area contributed by atoms with Crippen LogP contribution in [0.2, 0.25) is 0 Å². The van der Waals surface area contributed by atoms with Crippen molar-refractivity contribution in [2.45, 2.75) is 26.2 Å². The highest BCUT2D eigenvalue weighted by atomic mass is 32.1. The number of aryl methyl sites for hydroxylation is 1. The lowest BCUT2D eigenvalue weighted by molar-refractivity contribution is -0.136. The molecule has 0 fully saturated rings. The third-order valence-electron chi connectivity index (χ3n) is 2.62. The summed E-state index contributed by atoms with van der Waals surface area (Å²) in [4.78, 5) is 15.7. The molecule has 1 aromatic carbocycles. The SMILES string of the molecule is CCCc1ccc(-c2ncc(CC(=O)O)s2)cc1. The summed E-state index contributed by atoms with van der Waals surface area (Å²) in [7, 11) is 0. The number of rotatable bonds is 5. The molecular formula is C14H15NO2S. The van der Waals surface area contributed by atoms with Crippen molar-refractivity contribution in [2.75, 3.05) is 0 Å². The van der Waals surface area contributed by atoms with Crippen molar-refractivity contribution >= 4 is 17.3 Å². The van der Waals surface area contributed by atoms with Crippen molar-refractivity contribution in [1.82, 2.24) is 4.98 Å². The molecule has 0 spiro atoms. The second-order valence-corrected chi connectivity index (χ2v) is 5.26. The van der Waals surface area contributed by atoms with Crippen LogP contribution in [0.3, 0.4) is 0 Å². The minimum Gasteiger partial charge on any atom is -0.481 e. The Morgan fingerprint density at radius 1 is 1.33 bits per heavy atom. The molecule has 0 amide bonds. The van der Waals surface area contributed by atoms with Crippen LogP contribution in [0.1, 0.15) is 23.8 Å². The van der Waals surface area contributed by atoms with E-state index in [1.54, 1.807) is 6.20 Å². The summed E-state index contributed by atoms with van der Waals surface area (Å²) in [5, 5.41) is 9.60. The number of hydrogen-bond donors (Lipinski definition) is 1. The zero-order chi connectivity index (χ0) is 13.0. The third-order valence-corrected chi connectivity index (χ3v) is 3.66. The first kappa shape index (κ1) is 12.8. The van der Waals surface area contributed by atoms with Crippen molar-refractivity contribution in [3.63, 3.8) is 0 Å². The van der Waals surface area contributed by atoms with Gasteiger partial charge in [-0.2, -0.15) is 0 Å². The van der Waals surface area contributed by atoms with Gasteiger partial charge in [0.05, 0.1) is 6.42 Å². The minimum absolute atomic E-state index is 0.0472. The van der Waals surface area contributed by atoms with E-state index in [0.717, 1.165) is 28.3 Å². The molecule has 18 heavy (non-hydrogen) atoms. The summed E-state index contributed by atoms with van der Waals surface area (Å²) in [6.45, 7) is 2.16. The monoisotopic (exact) mass is 261 g/mol. The summed E-state index contributed by atoms with van der Waals surface area (Å²) < 4.78 is 0. The van der Waals surface area contributed by atoms with Gasteiger partial charge in [-0.3, -0.25) is 4.79 Å². The lowest BCUT2D eigenvalue weighted by Gasteiger charge is -2.00. The van der Waals surface area contributed by atoms with Crippen LogP contribution in [0.5, 0.6) is 0 Å². The fourth-order valence-corrected chi connectivity index (χ4v) is 2.68. The standard InChI is InChI=1S/C14H15NO2S/c1-2-3-10-4-6-11(7-5-10)14-15-9-12(18-14)8-13(16)17/h4-7,9H,2-3,8H2,1H3,(H,16,17). The molecule has 1 heterocycles. The Morgan fingerprint density at radius 3 is 2.67 bits per heavy atom. The van der Waals surface area contributed by atoms with E-state index in [-0.39, 0.29) is 6.42 Å². The number of carboxylic acids is 1. The minimum atomic E-state index is -0.816. The Balaban J connectivity index is 2.15. The van der Waals surface area contributed by atoms with Crippen LogP contribution in [0, 0.1) is 0 Å². The number of aliphatic carboxylic acids is 1. The number of benzene rings is 1. The smallest absolute Gasteiger partial charge is 0.308 e. The van der Waals surface area contributed by atoms with Gasteiger partial charge in [0, 0.05) is 16.6 Å². The number of carboxylic acid groups (broad SMARTS) is 1. The largest absolute Gasteiger partial charge is 0.481 e. The first-order chi connectivity index (χ1) is 8.69. The molecule has 3 nitrogen and oxygen atoms in total. The molecule has 0 aliphatic heterocycles. The van der Waals surface area contributed by atoms with Crippen LogP contribution in [0.25, 0.3) is 10.6 Å².